The first-order valence-electron chi connectivity index (χ1n) is 7.28. The highest BCUT2D eigenvalue weighted by Gasteiger charge is 2.07. The predicted octanol–water partition coefficient (Wildman–Crippen LogP) is 2.02. The minimum Gasteiger partial charge on any atom is -0.350 e. The fraction of sp³-hybridized carbons (Fsp3) is 0.353. The second-order valence-electron chi connectivity index (χ2n) is 5.64. The SMILES string of the molecule is Cc1cccc(CC(=O)NCc2cc(C)nc(N(C)C)n2)c1. The van der Waals surface area contributed by atoms with Crippen LogP contribution in [0.25, 0.3) is 0 Å². The number of carbonyl (C=O) groups is 1. The van der Waals surface area contributed by atoms with Crippen LogP contribution in [0.1, 0.15) is 22.5 Å². The summed E-state index contributed by atoms with van der Waals surface area (Å²) >= 11 is 0. The molecule has 2 aromatic rings. The third-order valence-corrected chi connectivity index (χ3v) is 3.21. The zero-order chi connectivity index (χ0) is 16.1. The molecule has 0 aliphatic rings. The second kappa shape index (κ2) is 7.02. The Kier molecular flexibility index (Phi) is 5.09. The Morgan fingerprint density at radius 1 is 1.18 bits per heavy atom. The number of anilines is 1. The Balaban J connectivity index is 1.96. The molecule has 0 aliphatic carbocycles. The average molecular weight is 298 g/mol. The number of hydrogen-bond donors (Lipinski definition) is 1. The first-order valence-corrected chi connectivity index (χ1v) is 7.28. The molecule has 22 heavy (non-hydrogen) atoms. The van der Waals surface area contributed by atoms with Crippen molar-refractivity contribution in [2.75, 3.05) is 19.0 Å². The summed E-state index contributed by atoms with van der Waals surface area (Å²) in [5.41, 5.74) is 3.88. The number of hydrogen-bond acceptors (Lipinski definition) is 4. The molecular formula is C17H22N4O. The third-order valence-electron chi connectivity index (χ3n) is 3.21. The zero-order valence-corrected chi connectivity index (χ0v) is 13.6. The van der Waals surface area contributed by atoms with Gasteiger partial charge in [-0.2, -0.15) is 0 Å². The monoisotopic (exact) mass is 298 g/mol. The van der Waals surface area contributed by atoms with Crippen molar-refractivity contribution < 1.29 is 4.79 Å². The minimum absolute atomic E-state index is 0.00623. The van der Waals surface area contributed by atoms with E-state index in [1.807, 2.05) is 63.2 Å². The maximum absolute atomic E-state index is 12.0. The number of aryl methyl sites for hydroxylation is 2. The van der Waals surface area contributed by atoms with E-state index in [1.165, 1.54) is 0 Å². The first-order chi connectivity index (χ1) is 10.4. The van der Waals surface area contributed by atoms with Gasteiger partial charge in [0.25, 0.3) is 0 Å². The molecule has 116 valence electrons. The smallest absolute Gasteiger partial charge is 0.225 e. The fourth-order valence-electron chi connectivity index (χ4n) is 2.17. The number of aromatic nitrogens is 2. The van der Waals surface area contributed by atoms with Crippen molar-refractivity contribution >= 4 is 11.9 Å². The second-order valence-corrected chi connectivity index (χ2v) is 5.64. The van der Waals surface area contributed by atoms with Gasteiger partial charge in [-0.05, 0) is 25.5 Å². The van der Waals surface area contributed by atoms with E-state index in [-0.39, 0.29) is 5.91 Å². The van der Waals surface area contributed by atoms with Crippen molar-refractivity contribution in [1.82, 2.24) is 15.3 Å². The van der Waals surface area contributed by atoms with E-state index in [2.05, 4.69) is 15.3 Å². The van der Waals surface area contributed by atoms with Crippen LogP contribution in [0, 0.1) is 13.8 Å². The molecule has 0 saturated carbocycles. The Morgan fingerprint density at radius 2 is 1.95 bits per heavy atom. The molecule has 1 N–H and O–H groups in total. The van der Waals surface area contributed by atoms with E-state index >= 15 is 0 Å². The summed E-state index contributed by atoms with van der Waals surface area (Å²) in [6.07, 6.45) is 0.381. The minimum atomic E-state index is -0.00623. The van der Waals surface area contributed by atoms with Crippen molar-refractivity contribution in [2.45, 2.75) is 26.8 Å². The Bertz CT molecular complexity index is 667. The molecule has 5 nitrogen and oxygen atoms in total. The molecule has 0 atom stereocenters. The quantitative estimate of drug-likeness (QED) is 0.917. The molecule has 0 fully saturated rings. The van der Waals surface area contributed by atoms with E-state index in [0.717, 1.165) is 22.5 Å². The number of benzene rings is 1. The van der Waals surface area contributed by atoms with E-state index in [0.29, 0.717) is 18.9 Å². The molecule has 0 unspecified atom stereocenters. The van der Waals surface area contributed by atoms with Crippen LogP contribution < -0.4 is 10.2 Å². The normalized spacial score (nSPS) is 10.4. The van der Waals surface area contributed by atoms with E-state index < -0.39 is 0 Å². The van der Waals surface area contributed by atoms with Gasteiger partial charge in [0, 0.05) is 19.8 Å². The van der Waals surface area contributed by atoms with E-state index in [1.54, 1.807) is 0 Å². The molecule has 1 aromatic heterocycles. The van der Waals surface area contributed by atoms with Gasteiger partial charge in [0.05, 0.1) is 18.7 Å². The van der Waals surface area contributed by atoms with Gasteiger partial charge in [-0.3, -0.25) is 4.79 Å². The third kappa shape index (κ3) is 4.55. The molecule has 1 amide bonds. The summed E-state index contributed by atoms with van der Waals surface area (Å²) in [5.74, 6) is 0.649. The van der Waals surface area contributed by atoms with Gasteiger partial charge >= 0.3 is 0 Å². The maximum Gasteiger partial charge on any atom is 0.225 e. The van der Waals surface area contributed by atoms with Crippen LogP contribution in [0.4, 0.5) is 5.95 Å². The fourth-order valence-corrected chi connectivity index (χ4v) is 2.17. The van der Waals surface area contributed by atoms with Gasteiger partial charge in [0.2, 0.25) is 11.9 Å². The lowest BCUT2D eigenvalue weighted by Gasteiger charge is -2.12. The van der Waals surface area contributed by atoms with Crippen molar-refractivity contribution in [2.24, 2.45) is 0 Å². The van der Waals surface area contributed by atoms with Gasteiger partial charge < -0.3 is 10.2 Å². The first kappa shape index (κ1) is 15.9. The maximum atomic E-state index is 12.0. The number of nitrogens with zero attached hydrogens (tertiary/aromatic N) is 3. The molecule has 0 saturated heterocycles. The predicted molar refractivity (Wildman–Crippen MR) is 87.8 cm³/mol. The van der Waals surface area contributed by atoms with Gasteiger partial charge in [-0.1, -0.05) is 29.8 Å². The lowest BCUT2D eigenvalue weighted by atomic mass is 10.1. The van der Waals surface area contributed by atoms with Crippen LogP contribution in [0.5, 0.6) is 0 Å². The molecule has 0 spiro atoms. The molecule has 1 aromatic carbocycles. The molecule has 5 heteroatoms. The average Bonchev–Trinajstić information content (AvgIpc) is 2.44. The molecule has 1 heterocycles. The largest absolute Gasteiger partial charge is 0.350 e. The topological polar surface area (TPSA) is 58.1 Å². The van der Waals surface area contributed by atoms with Gasteiger partial charge in [0.1, 0.15) is 0 Å². The summed E-state index contributed by atoms with van der Waals surface area (Å²) < 4.78 is 0. The number of nitrogens with one attached hydrogen (secondary N) is 1. The Morgan fingerprint density at radius 3 is 2.64 bits per heavy atom. The van der Waals surface area contributed by atoms with E-state index in [9.17, 15) is 4.79 Å². The van der Waals surface area contributed by atoms with Crippen LogP contribution in [-0.4, -0.2) is 30.0 Å². The van der Waals surface area contributed by atoms with Crippen molar-refractivity contribution in [3.8, 4) is 0 Å². The number of amides is 1. The highest BCUT2D eigenvalue weighted by atomic mass is 16.1. The van der Waals surface area contributed by atoms with Crippen LogP contribution in [0.15, 0.2) is 30.3 Å². The summed E-state index contributed by atoms with van der Waals surface area (Å²) in [4.78, 5) is 22.7. The molecular weight excluding hydrogens is 276 g/mol. The highest BCUT2D eigenvalue weighted by Crippen LogP contribution is 2.08. The van der Waals surface area contributed by atoms with Gasteiger partial charge in [0.15, 0.2) is 0 Å². The zero-order valence-electron chi connectivity index (χ0n) is 13.6. The van der Waals surface area contributed by atoms with Crippen molar-refractivity contribution in [3.05, 3.63) is 52.8 Å². The summed E-state index contributed by atoms with van der Waals surface area (Å²) in [5, 5.41) is 2.91. The highest BCUT2D eigenvalue weighted by molar-refractivity contribution is 5.78. The number of rotatable bonds is 5. The van der Waals surface area contributed by atoms with Crippen LogP contribution >= 0.6 is 0 Å². The Hall–Kier alpha value is -2.43. The molecule has 0 bridgehead atoms. The lowest BCUT2D eigenvalue weighted by Crippen LogP contribution is -2.25. The van der Waals surface area contributed by atoms with E-state index in [4.69, 9.17) is 0 Å². The summed E-state index contributed by atoms with van der Waals surface area (Å²) in [6.45, 7) is 4.36. The molecule has 2 rings (SSSR count). The lowest BCUT2D eigenvalue weighted by molar-refractivity contribution is -0.120. The van der Waals surface area contributed by atoms with Crippen molar-refractivity contribution in [1.29, 1.82) is 0 Å². The van der Waals surface area contributed by atoms with Crippen LogP contribution in [0.2, 0.25) is 0 Å². The standard InChI is InChI=1S/C17H22N4O/c1-12-6-5-7-14(8-12)10-16(22)18-11-15-9-13(2)19-17(20-15)21(3)4/h5-9H,10-11H2,1-4H3,(H,18,22). The van der Waals surface area contributed by atoms with Gasteiger partial charge in [-0.15, -0.1) is 0 Å². The molecule has 0 radical (unpaired) electrons. The van der Waals surface area contributed by atoms with Crippen LogP contribution in [-0.2, 0) is 17.8 Å². The van der Waals surface area contributed by atoms with Crippen molar-refractivity contribution in [3.63, 3.8) is 0 Å². The molecule has 0 aliphatic heterocycles. The Labute approximate surface area is 131 Å². The van der Waals surface area contributed by atoms with Gasteiger partial charge in [-0.25, -0.2) is 9.97 Å². The summed E-state index contributed by atoms with van der Waals surface area (Å²) in [7, 11) is 3.80. The number of carbonyl (C=O) groups excluding carboxylic acids is 1. The van der Waals surface area contributed by atoms with Crippen LogP contribution in [0.3, 0.4) is 0 Å². The summed E-state index contributed by atoms with van der Waals surface area (Å²) in [6, 6.07) is 9.87.